The van der Waals surface area contributed by atoms with Gasteiger partial charge in [-0.25, -0.2) is 14.1 Å². The molecule has 2 heterocycles. The van der Waals surface area contributed by atoms with Crippen molar-refractivity contribution in [2.24, 2.45) is 0 Å². The van der Waals surface area contributed by atoms with Crippen molar-refractivity contribution in [3.8, 4) is 11.4 Å². The van der Waals surface area contributed by atoms with Crippen molar-refractivity contribution in [3.63, 3.8) is 0 Å². The highest BCUT2D eigenvalue weighted by Crippen LogP contribution is 2.28. The smallest absolute Gasteiger partial charge is 0.407 e. The fraction of sp³-hybridized carbons (Fsp3) is 0.238. The summed E-state index contributed by atoms with van der Waals surface area (Å²) < 4.78 is 7.77. The fourth-order valence-electron chi connectivity index (χ4n) is 2.91. The van der Waals surface area contributed by atoms with Gasteiger partial charge >= 0.3 is 12.1 Å². The SMILES string of the molecule is CC(C)(C)OC(=O)NCc1ccc(-c2nc3sc4cc(C(=O)O)ccc4n3n2)cc1. The highest BCUT2D eigenvalue weighted by molar-refractivity contribution is 7.23. The summed E-state index contributed by atoms with van der Waals surface area (Å²) in [5, 5.41) is 16.4. The zero-order chi connectivity index (χ0) is 21.5. The van der Waals surface area contributed by atoms with E-state index in [1.165, 1.54) is 11.3 Å². The summed E-state index contributed by atoms with van der Waals surface area (Å²) >= 11 is 1.39. The number of ether oxygens (including phenoxy) is 1. The first-order valence-electron chi connectivity index (χ1n) is 9.28. The van der Waals surface area contributed by atoms with E-state index in [1.807, 2.05) is 45.0 Å². The van der Waals surface area contributed by atoms with Gasteiger partial charge in [-0.1, -0.05) is 35.6 Å². The highest BCUT2D eigenvalue weighted by Gasteiger charge is 2.16. The van der Waals surface area contributed by atoms with E-state index in [9.17, 15) is 9.59 Å². The van der Waals surface area contributed by atoms with E-state index in [0.717, 1.165) is 21.3 Å². The molecule has 2 aromatic heterocycles. The molecule has 0 saturated carbocycles. The number of amides is 1. The Labute approximate surface area is 176 Å². The van der Waals surface area contributed by atoms with Gasteiger partial charge in [0.05, 0.1) is 15.8 Å². The Hall–Kier alpha value is -3.46. The first kappa shape index (κ1) is 19.8. The maximum absolute atomic E-state index is 11.8. The molecule has 30 heavy (non-hydrogen) atoms. The van der Waals surface area contributed by atoms with Gasteiger partial charge in [0.25, 0.3) is 0 Å². The van der Waals surface area contributed by atoms with Gasteiger partial charge in [-0.05, 0) is 44.5 Å². The van der Waals surface area contributed by atoms with Crippen LogP contribution in [0.3, 0.4) is 0 Å². The number of hydrogen-bond acceptors (Lipinski definition) is 6. The lowest BCUT2D eigenvalue weighted by Gasteiger charge is -2.19. The summed E-state index contributed by atoms with van der Waals surface area (Å²) in [6.45, 7) is 5.81. The van der Waals surface area contributed by atoms with Crippen LogP contribution in [0.15, 0.2) is 42.5 Å². The largest absolute Gasteiger partial charge is 0.478 e. The number of aromatic nitrogens is 3. The van der Waals surface area contributed by atoms with Crippen LogP contribution in [-0.4, -0.2) is 37.4 Å². The Bertz CT molecular complexity index is 1250. The molecule has 0 unspecified atom stereocenters. The van der Waals surface area contributed by atoms with Crippen LogP contribution in [0, 0.1) is 0 Å². The molecule has 154 valence electrons. The minimum atomic E-state index is -0.960. The molecule has 0 atom stereocenters. The van der Waals surface area contributed by atoms with E-state index in [-0.39, 0.29) is 5.56 Å². The summed E-state index contributed by atoms with van der Waals surface area (Å²) in [4.78, 5) is 28.2. The van der Waals surface area contributed by atoms with Gasteiger partial charge in [-0.3, -0.25) is 0 Å². The summed E-state index contributed by atoms with van der Waals surface area (Å²) in [6, 6.07) is 12.5. The number of aromatic carboxylic acids is 1. The molecule has 0 fully saturated rings. The molecule has 8 nitrogen and oxygen atoms in total. The molecule has 0 saturated heterocycles. The molecule has 0 aliphatic heterocycles. The predicted octanol–water partition coefficient (Wildman–Crippen LogP) is 4.33. The van der Waals surface area contributed by atoms with Crippen molar-refractivity contribution in [1.82, 2.24) is 19.9 Å². The number of rotatable bonds is 4. The van der Waals surface area contributed by atoms with Gasteiger partial charge in [-0.15, -0.1) is 5.10 Å². The molecule has 4 aromatic rings. The van der Waals surface area contributed by atoms with E-state index >= 15 is 0 Å². The summed E-state index contributed by atoms with van der Waals surface area (Å²) in [7, 11) is 0. The average Bonchev–Trinajstić information content (AvgIpc) is 3.22. The van der Waals surface area contributed by atoms with E-state index in [4.69, 9.17) is 9.84 Å². The fourth-order valence-corrected chi connectivity index (χ4v) is 3.90. The molecule has 0 aliphatic carbocycles. The van der Waals surface area contributed by atoms with Gasteiger partial charge in [0.15, 0.2) is 5.82 Å². The number of hydrogen-bond donors (Lipinski definition) is 2. The third kappa shape index (κ3) is 4.11. The lowest BCUT2D eigenvalue weighted by Crippen LogP contribution is -2.32. The number of nitrogens with zero attached hydrogens (tertiary/aromatic N) is 3. The van der Waals surface area contributed by atoms with Crippen molar-refractivity contribution in [2.75, 3.05) is 0 Å². The van der Waals surface area contributed by atoms with E-state index < -0.39 is 17.7 Å². The Kier molecular flexibility index (Phi) is 4.90. The zero-order valence-electron chi connectivity index (χ0n) is 16.7. The van der Waals surface area contributed by atoms with Gasteiger partial charge in [0.2, 0.25) is 4.96 Å². The second kappa shape index (κ2) is 7.42. The number of carboxylic acids is 1. The maximum atomic E-state index is 11.8. The van der Waals surface area contributed by atoms with Gasteiger partial charge in [0, 0.05) is 12.1 Å². The predicted molar refractivity (Wildman–Crippen MR) is 114 cm³/mol. The Balaban J connectivity index is 1.51. The molecule has 0 radical (unpaired) electrons. The minimum absolute atomic E-state index is 0.239. The molecule has 0 spiro atoms. The summed E-state index contributed by atoms with van der Waals surface area (Å²) in [5.74, 6) is -0.380. The molecule has 4 rings (SSSR count). The van der Waals surface area contributed by atoms with Crippen LogP contribution in [0.25, 0.3) is 26.6 Å². The molecule has 0 bridgehead atoms. The van der Waals surface area contributed by atoms with Crippen LogP contribution >= 0.6 is 11.3 Å². The number of benzene rings is 2. The number of fused-ring (bicyclic) bond motifs is 3. The second-order valence-electron chi connectivity index (χ2n) is 7.77. The molecular weight excluding hydrogens is 404 g/mol. The molecule has 2 aromatic carbocycles. The van der Waals surface area contributed by atoms with E-state index in [1.54, 1.807) is 22.7 Å². The van der Waals surface area contributed by atoms with Gasteiger partial charge < -0.3 is 15.2 Å². The van der Waals surface area contributed by atoms with Gasteiger partial charge in [-0.2, -0.15) is 4.98 Å². The summed E-state index contributed by atoms with van der Waals surface area (Å²) in [5.41, 5.74) is 2.30. The highest BCUT2D eigenvalue weighted by atomic mass is 32.1. The number of carbonyl (C=O) groups is 2. The molecule has 0 aliphatic rings. The Morgan fingerprint density at radius 3 is 2.57 bits per heavy atom. The Morgan fingerprint density at radius 2 is 1.90 bits per heavy atom. The number of nitrogens with one attached hydrogen (secondary N) is 1. The maximum Gasteiger partial charge on any atom is 0.407 e. The number of carboxylic acid groups (broad SMARTS) is 1. The van der Waals surface area contributed by atoms with Crippen LogP contribution in [0.2, 0.25) is 0 Å². The summed E-state index contributed by atoms with van der Waals surface area (Å²) in [6.07, 6.45) is -0.458. The van der Waals surface area contributed by atoms with E-state index in [0.29, 0.717) is 17.3 Å². The van der Waals surface area contributed by atoms with Crippen LogP contribution < -0.4 is 5.32 Å². The first-order chi connectivity index (χ1) is 14.2. The lowest BCUT2D eigenvalue weighted by molar-refractivity contribution is 0.0523. The molecule has 2 N–H and O–H groups in total. The normalized spacial score (nSPS) is 11.7. The van der Waals surface area contributed by atoms with Crippen molar-refractivity contribution in [3.05, 3.63) is 53.6 Å². The topological polar surface area (TPSA) is 106 Å². The third-order valence-corrected chi connectivity index (χ3v) is 5.26. The lowest BCUT2D eigenvalue weighted by atomic mass is 10.1. The van der Waals surface area contributed by atoms with Crippen LogP contribution in [0.4, 0.5) is 4.79 Å². The quantitative estimate of drug-likeness (QED) is 0.505. The van der Waals surface area contributed by atoms with Crippen molar-refractivity contribution < 1.29 is 19.4 Å². The van der Waals surface area contributed by atoms with E-state index in [2.05, 4.69) is 15.4 Å². The second-order valence-corrected chi connectivity index (χ2v) is 8.78. The van der Waals surface area contributed by atoms with Crippen LogP contribution in [0.1, 0.15) is 36.7 Å². The van der Waals surface area contributed by atoms with Crippen molar-refractivity contribution in [1.29, 1.82) is 0 Å². The molecule has 9 heteroatoms. The number of thiazole rings is 1. The molecular formula is C21H20N4O4S. The first-order valence-corrected chi connectivity index (χ1v) is 10.1. The van der Waals surface area contributed by atoms with Crippen LogP contribution in [-0.2, 0) is 11.3 Å². The van der Waals surface area contributed by atoms with Crippen molar-refractivity contribution in [2.45, 2.75) is 32.9 Å². The van der Waals surface area contributed by atoms with Gasteiger partial charge in [0.1, 0.15) is 5.60 Å². The third-order valence-electron chi connectivity index (χ3n) is 4.26. The zero-order valence-corrected chi connectivity index (χ0v) is 17.5. The monoisotopic (exact) mass is 424 g/mol. The van der Waals surface area contributed by atoms with Crippen molar-refractivity contribution >= 4 is 38.6 Å². The Morgan fingerprint density at radius 1 is 1.17 bits per heavy atom. The minimum Gasteiger partial charge on any atom is -0.478 e. The average molecular weight is 424 g/mol. The number of alkyl carbamates (subject to hydrolysis) is 1. The number of carbonyl (C=O) groups excluding carboxylic acids is 1. The molecule has 1 amide bonds. The standard InChI is InChI=1S/C21H20N4O4S/c1-21(2,3)29-20(28)22-11-12-4-6-13(7-5-12)17-23-19-25(24-17)15-9-8-14(18(26)27)10-16(15)30-19/h4-10H,11H2,1-3H3,(H,22,28)(H,26,27). The van der Waals surface area contributed by atoms with Crippen LogP contribution in [0.5, 0.6) is 0 Å².